The van der Waals surface area contributed by atoms with E-state index in [0.29, 0.717) is 6.04 Å². The van der Waals surface area contributed by atoms with Crippen molar-refractivity contribution in [2.45, 2.75) is 51.7 Å². The number of nitrogens with one attached hydrogen (secondary N) is 1. The third-order valence-corrected chi connectivity index (χ3v) is 3.76. The van der Waals surface area contributed by atoms with Gasteiger partial charge in [-0.1, -0.05) is 44.5 Å². The van der Waals surface area contributed by atoms with Crippen molar-refractivity contribution >= 4 is 0 Å². The van der Waals surface area contributed by atoms with Crippen LogP contribution in [0.1, 0.15) is 50.3 Å². The van der Waals surface area contributed by atoms with Gasteiger partial charge in [-0.25, -0.2) is 0 Å². The van der Waals surface area contributed by atoms with Crippen molar-refractivity contribution in [1.29, 1.82) is 0 Å². The Kier molecular flexibility index (Phi) is 5.21. The van der Waals surface area contributed by atoms with Crippen LogP contribution in [0.4, 0.5) is 0 Å². The van der Waals surface area contributed by atoms with Gasteiger partial charge in [0.1, 0.15) is 0 Å². The van der Waals surface area contributed by atoms with Crippen LogP contribution in [0.25, 0.3) is 0 Å². The van der Waals surface area contributed by atoms with Crippen molar-refractivity contribution in [1.82, 2.24) is 5.32 Å². The summed E-state index contributed by atoms with van der Waals surface area (Å²) in [7, 11) is 0. The monoisotopic (exact) mass is 247 g/mol. The molecule has 1 heterocycles. The van der Waals surface area contributed by atoms with E-state index in [4.69, 9.17) is 4.74 Å². The standard InChI is InChI=1S/C16H25NO/c1-3-5-13-6-8-14(9-7-13)16-12-17-15(4-2)10-11-18-16/h6-9,15-17H,3-5,10-12H2,1-2H3. The van der Waals surface area contributed by atoms with Gasteiger partial charge in [-0.15, -0.1) is 0 Å². The van der Waals surface area contributed by atoms with Crippen LogP contribution in [-0.4, -0.2) is 19.2 Å². The third-order valence-electron chi connectivity index (χ3n) is 3.76. The van der Waals surface area contributed by atoms with E-state index in [1.165, 1.54) is 30.4 Å². The summed E-state index contributed by atoms with van der Waals surface area (Å²) in [6.45, 7) is 6.26. The van der Waals surface area contributed by atoms with Gasteiger partial charge in [-0.2, -0.15) is 0 Å². The minimum Gasteiger partial charge on any atom is -0.372 e. The summed E-state index contributed by atoms with van der Waals surface area (Å²) in [6, 6.07) is 9.55. The number of ether oxygens (including phenoxy) is 1. The van der Waals surface area contributed by atoms with E-state index in [1.807, 2.05) is 0 Å². The third kappa shape index (κ3) is 3.56. The van der Waals surface area contributed by atoms with Crippen LogP contribution in [0, 0.1) is 0 Å². The topological polar surface area (TPSA) is 21.3 Å². The van der Waals surface area contributed by atoms with E-state index < -0.39 is 0 Å². The molecule has 2 unspecified atom stereocenters. The van der Waals surface area contributed by atoms with Crippen LogP contribution in [0.2, 0.25) is 0 Å². The van der Waals surface area contributed by atoms with E-state index in [0.717, 1.165) is 19.6 Å². The van der Waals surface area contributed by atoms with Crippen LogP contribution in [0.3, 0.4) is 0 Å². The molecule has 1 aliphatic rings. The highest BCUT2D eigenvalue weighted by molar-refractivity contribution is 5.24. The van der Waals surface area contributed by atoms with E-state index in [2.05, 4.69) is 43.4 Å². The van der Waals surface area contributed by atoms with Gasteiger partial charge in [0.15, 0.2) is 0 Å². The van der Waals surface area contributed by atoms with Crippen molar-refractivity contribution in [3.63, 3.8) is 0 Å². The highest BCUT2D eigenvalue weighted by Crippen LogP contribution is 2.21. The van der Waals surface area contributed by atoms with E-state index in [9.17, 15) is 0 Å². The van der Waals surface area contributed by atoms with Crippen LogP contribution in [-0.2, 0) is 11.2 Å². The Balaban J connectivity index is 1.98. The van der Waals surface area contributed by atoms with E-state index in [-0.39, 0.29) is 6.10 Å². The minimum atomic E-state index is 0.220. The molecule has 0 amide bonds. The zero-order valence-electron chi connectivity index (χ0n) is 11.6. The molecular weight excluding hydrogens is 222 g/mol. The minimum absolute atomic E-state index is 0.220. The summed E-state index contributed by atoms with van der Waals surface area (Å²) in [5.74, 6) is 0. The molecule has 1 aromatic carbocycles. The molecule has 0 saturated carbocycles. The Morgan fingerprint density at radius 2 is 2.00 bits per heavy atom. The van der Waals surface area contributed by atoms with Gasteiger partial charge in [0.05, 0.1) is 6.10 Å². The van der Waals surface area contributed by atoms with Crippen molar-refractivity contribution in [3.8, 4) is 0 Å². The van der Waals surface area contributed by atoms with Crippen LogP contribution >= 0.6 is 0 Å². The summed E-state index contributed by atoms with van der Waals surface area (Å²) in [4.78, 5) is 0. The number of hydrogen-bond donors (Lipinski definition) is 1. The van der Waals surface area contributed by atoms with Gasteiger partial charge in [-0.05, 0) is 30.4 Å². The van der Waals surface area contributed by atoms with E-state index >= 15 is 0 Å². The lowest BCUT2D eigenvalue weighted by molar-refractivity contribution is 0.0663. The molecule has 18 heavy (non-hydrogen) atoms. The normalized spacial score (nSPS) is 24.8. The first-order valence-electron chi connectivity index (χ1n) is 7.27. The average molecular weight is 247 g/mol. The molecule has 0 bridgehead atoms. The molecule has 1 N–H and O–H groups in total. The average Bonchev–Trinajstić information content (AvgIpc) is 2.65. The molecule has 1 saturated heterocycles. The number of benzene rings is 1. The Labute approximate surface area is 111 Å². The number of aryl methyl sites for hydroxylation is 1. The number of hydrogen-bond acceptors (Lipinski definition) is 2. The van der Waals surface area contributed by atoms with Crippen LogP contribution in [0.5, 0.6) is 0 Å². The lowest BCUT2D eigenvalue weighted by Crippen LogP contribution is -2.29. The molecule has 2 nitrogen and oxygen atoms in total. The molecule has 1 aromatic rings. The summed E-state index contributed by atoms with van der Waals surface area (Å²) in [5.41, 5.74) is 2.73. The molecule has 0 aromatic heterocycles. The predicted molar refractivity (Wildman–Crippen MR) is 75.8 cm³/mol. The van der Waals surface area contributed by atoms with Crippen molar-refractivity contribution < 1.29 is 4.74 Å². The molecule has 0 aliphatic carbocycles. The molecule has 2 heteroatoms. The van der Waals surface area contributed by atoms with Crippen LogP contribution < -0.4 is 5.32 Å². The van der Waals surface area contributed by atoms with Crippen molar-refractivity contribution in [2.75, 3.05) is 13.2 Å². The second kappa shape index (κ2) is 6.91. The van der Waals surface area contributed by atoms with Crippen molar-refractivity contribution in [2.24, 2.45) is 0 Å². The SMILES string of the molecule is CCCc1ccc(C2CNC(CC)CCO2)cc1. The van der Waals surface area contributed by atoms with Gasteiger partial charge >= 0.3 is 0 Å². The fourth-order valence-electron chi connectivity index (χ4n) is 2.54. The van der Waals surface area contributed by atoms with Gasteiger partial charge in [0.25, 0.3) is 0 Å². The Morgan fingerprint density at radius 1 is 1.22 bits per heavy atom. The van der Waals surface area contributed by atoms with Gasteiger partial charge < -0.3 is 10.1 Å². The molecule has 1 fully saturated rings. The molecule has 100 valence electrons. The zero-order chi connectivity index (χ0) is 12.8. The van der Waals surface area contributed by atoms with Crippen LogP contribution in [0.15, 0.2) is 24.3 Å². The predicted octanol–water partition coefficient (Wildman–Crippen LogP) is 3.47. The quantitative estimate of drug-likeness (QED) is 0.879. The van der Waals surface area contributed by atoms with E-state index in [1.54, 1.807) is 0 Å². The molecule has 0 spiro atoms. The first-order chi connectivity index (χ1) is 8.83. The molecular formula is C16H25NO. The molecule has 2 atom stereocenters. The Hall–Kier alpha value is -0.860. The second-order valence-corrected chi connectivity index (χ2v) is 5.15. The summed E-state index contributed by atoms with van der Waals surface area (Å²) in [6.07, 6.45) is 4.91. The van der Waals surface area contributed by atoms with Gasteiger partial charge in [-0.3, -0.25) is 0 Å². The summed E-state index contributed by atoms with van der Waals surface area (Å²) >= 11 is 0. The summed E-state index contributed by atoms with van der Waals surface area (Å²) < 4.78 is 5.96. The fourth-order valence-corrected chi connectivity index (χ4v) is 2.54. The van der Waals surface area contributed by atoms with Gasteiger partial charge in [0.2, 0.25) is 0 Å². The maximum Gasteiger partial charge on any atom is 0.0949 e. The highest BCUT2D eigenvalue weighted by Gasteiger charge is 2.18. The Morgan fingerprint density at radius 3 is 2.67 bits per heavy atom. The zero-order valence-corrected chi connectivity index (χ0v) is 11.6. The molecule has 0 radical (unpaired) electrons. The maximum absolute atomic E-state index is 5.96. The van der Waals surface area contributed by atoms with Crippen molar-refractivity contribution in [3.05, 3.63) is 35.4 Å². The first-order valence-corrected chi connectivity index (χ1v) is 7.27. The largest absolute Gasteiger partial charge is 0.372 e. The number of rotatable bonds is 4. The fraction of sp³-hybridized carbons (Fsp3) is 0.625. The first kappa shape index (κ1) is 13.6. The highest BCUT2D eigenvalue weighted by atomic mass is 16.5. The maximum atomic E-state index is 5.96. The molecule has 2 rings (SSSR count). The Bertz CT molecular complexity index is 347. The second-order valence-electron chi connectivity index (χ2n) is 5.15. The lowest BCUT2D eigenvalue weighted by atomic mass is 10.0. The smallest absolute Gasteiger partial charge is 0.0949 e. The summed E-state index contributed by atoms with van der Waals surface area (Å²) in [5, 5.41) is 3.59. The lowest BCUT2D eigenvalue weighted by Gasteiger charge is -2.16. The molecule has 1 aliphatic heterocycles. The van der Waals surface area contributed by atoms with Gasteiger partial charge in [0, 0.05) is 19.2 Å².